The van der Waals surface area contributed by atoms with Crippen LogP contribution in [-0.4, -0.2) is 44.6 Å². The first-order chi connectivity index (χ1) is 13.8. The molecule has 0 bridgehead atoms. The number of carbonyl (C=O) groups is 1. The molecule has 6 nitrogen and oxygen atoms in total. The number of ketones is 1. The summed E-state index contributed by atoms with van der Waals surface area (Å²) in [5.41, 5.74) is 3.05. The summed E-state index contributed by atoms with van der Waals surface area (Å²) in [5, 5.41) is 10.5. The van der Waals surface area contributed by atoms with Gasteiger partial charge in [-0.1, -0.05) is 30.3 Å². The first-order valence-electron chi connectivity index (χ1n) is 9.66. The lowest BCUT2D eigenvalue weighted by Crippen LogP contribution is -2.35. The van der Waals surface area contributed by atoms with Crippen molar-refractivity contribution >= 4 is 5.78 Å². The van der Waals surface area contributed by atoms with Crippen LogP contribution in [0.2, 0.25) is 0 Å². The third-order valence-corrected chi connectivity index (χ3v) is 4.89. The number of aryl methyl sites for hydroxylation is 1. The number of nitrogens with zero attached hydrogens (tertiary/aromatic N) is 3. The Morgan fingerprint density at radius 1 is 1.10 bits per heavy atom. The van der Waals surface area contributed by atoms with Crippen molar-refractivity contribution in [2.75, 3.05) is 13.6 Å². The normalized spacial score (nSPS) is 12.3. The molecule has 1 aromatic heterocycles. The number of hydrogen-bond acceptors (Lipinski definition) is 4. The van der Waals surface area contributed by atoms with E-state index >= 15 is 0 Å². The first-order valence-corrected chi connectivity index (χ1v) is 9.66. The molecular formula is C23H27N3O3. The monoisotopic (exact) mass is 393 g/mol. The van der Waals surface area contributed by atoms with E-state index in [0.717, 1.165) is 12.2 Å². The molecule has 152 valence electrons. The molecule has 3 aromatic rings. The van der Waals surface area contributed by atoms with Crippen molar-refractivity contribution in [2.45, 2.75) is 33.0 Å². The van der Waals surface area contributed by atoms with Crippen LogP contribution in [0.4, 0.5) is 0 Å². The Bertz CT molecular complexity index is 1020. The molecule has 2 aromatic carbocycles. The van der Waals surface area contributed by atoms with Crippen molar-refractivity contribution in [2.24, 2.45) is 0 Å². The Hall–Kier alpha value is -2.96. The molecule has 0 spiro atoms. The molecule has 0 aliphatic rings. The fourth-order valence-electron chi connectivity index (χ4n) is 3.51. The van der Waals surface area contributed by atoms with Gasteiger partial charge in [-0.05, 0) is 50.7 Å². The van der Waals surface area contributed by atoms with Crippen LogP contribution in [0.25, 0.3) is 5.69 Å². The van der Waals surface area contributed by atoms with Gasteiger partial charge in [-0.3, -0.25) is 18.8 Å². The average molecular weight is 393 g/mol. The zero-order valence-electron chi connectivity index (χ0n) is 17.1. The van der Waals surface area contributed by atoms with Crippen LogP contribution in [-0.2, 0) is 13.1 Å². The van der Waals surface area contributed by atoms with E-state index in [0.29, 0.717) is 17.8 Å². The van der Waals surface area contributed by atoms with Crippen molar-refractivity contribution < 1.29 is 9.90 Å². The highest BCUT2D eigenvalue weighted by molar-refractivity contribution is 5.94. The largest absolute Gasteiger partial charge is 0.390 e. The number of likely N-dealkylation sites (N-methyl/N-ethyl adjacent to an activating group) is 1. The molecule has 0 aliphatic heterocycles. The first kappa shape index (κ1) is 20.8. The number of aromatic nitrogens is 2. The maximum absolute atomic E-state index is 12.9. The van der Waals surface area contributed by atoms with Gasteiger partial charge in [0.25, 0.3) is 0 Å². The lowest BCUT2D eigenvalue weighted by atomic mass is 10.1. The Balaban J connectivity index is 1.69. The molecule has 1 N–H and O–H groups in total. The number of hydrogen-bond donors (Lipinski definition) is 1. The highest BCUT2D eigenvalue weighted by Crippen LogP contribution is 2.12. The molecule has 3 rings (SSSR count). The van der Waals surface area contributed by atoms with E-state index in [4.69, 9.17) is 0 Å². The van der Waals surface area contributed by atoms with Gasteiger partial charge < -0.3 is 5.11 Å². The zero-order chi connectivity index (χ0) is 21.0. The molecule has 0 fully saturated rings. The van der Waals surface area contributed by atoms with E-state index in [2.05, 4.69) is 0 Å². The standard InChI is InChI=1S/C23H27N3O3/c1-17-13-25(16-22(28)15-24(3)14-19-7-5-4-6-8-19)23(29)26(17)21-11-9-20(10-12-21)18(2)27/h4-13,22,28H,14-16H2,1-3H3. The fourth-order valence-corrected chi connectivity index (χ4v) is 3.51. The van der Waals surface area contributed by atoms with Gasteiger partial charge in [0.05, 0.1) is 18.3 Å². The summed E-state index contributed by atoms with van der Waals surface area (Å²) in [4.78, 5) is 26.3. The summed E-state index contributed by atoms with van der Waals surface area (Å²) in [5.74, 6) is -0.0130. The number of Topliss-reactive ketones (excluding diaryl/α,β-unsaturated/α-hetero) is 1. The van der Waals surface area contributed by atoms with Crippen LogP contribution >= 0.6 is 0 Å². The molecule has 0 radical (unpaired) electrons. The van der Waals surface area contributed by atoms with Crippen LogP contribution in [0.5, 0.6) is 0 Å². The van der Waals surface area contributed by atoms with Crippen LogP contribution in [0.15, 0.2) is 65.6 Å². The second-order valence-electron chi connectivity index (χ2n) is 7.48. The SMILES string of the molecule is CC(=O)c1ccc(-n2c(C)cn(CC(O)CN(C)Cc3ccccc3)c2=O)cc1. The van der Waals surface area contributed by atoms with E-state index in [9.17, 15) is 14.7 Å². The molecule has 1 unspecified atom stereocenters. The Morgan fingerprint density at radius 3 is 2.38 bits per heavy atom. The molecule has 1 atom stereocenters. The van der Waals surface area contributed by atoms with Gasteiger partial charge in [0.15, 0.2) is 5.78 Å². The number of rotatable bonds is 8. The fraction of sp³-hybridized carbons (Fsp3) is 0.304. The zero-order valence-corrected chi connectivity index (χ0v) is 17.1. The molecular weight excluding hydrogens is 366 g/mol. The minimum atomic E-state index is -0.670. The van der Waals surface area contributed by atoms with Gasteiger partial charge in [-0.2, -0.15) is 0 Å². The average Bonchev–Trinajstić information content (AvgIpc) is 2.95. The van der Waals surface area contributed by atoms with Crippen LogP contribution in [0.1, 0.15) is 28.5 Å². The van der Waals surface area contributed by atoms with Crippen molar-refractivity contribution in [1.29, 1.82) is 0 Å². The topological polar surface area (TPSA) is 67.5 Å². The summed E-state index contributed by atoms with van der Waals surface area (Å²) in [6.45, 7) is 4.77. The highest BCUT2D eigenvalue weighted by atomic mass is 16.3. The second-order valence-corrected chi connectivity index (χ2v) is 7.48. The van der Waals surface area contributed by atoms with Gasteiger partial charge in [0.2, 0.25) is 0 Å². The molecule has 29 heavy (non-hydrogen) atoms. The van der Waals surface area contributed by atoms with Crippen LogP contribution in [0, 0.1) is 6.92 Å². The van der Waals surface area contributed by atoms with E-state index in [1.54, 1.807) is 35.0 Å². The van der Waals surface area contributed by atoms with Crippen LogP contribution in [0.3, 0.4) is 0 Å². The number of aliphatic hydroxyl groups excluding tert-OH is 1. The minimum Gasteiger partial charge on any atom is -0.390 e. The summed E-state index contributed by atoms with van der Waals surface area (Å²) >= 11 is 0. The van der Waals surface area contributed by atoms with Crippen molar-refractivity contribution in [3.05, 3.63) is 88.1 Å². The van der Waals surface area contributed by atoms with Crippen LogP contribution < -0.4 is 5.69 Å². The Morgan fingerprint density at radius 2 is 1.76 bits per heavy atom. The van der Waals surface area contributed by atoms with E-state index in [1.165, 1.54) is 17.1 Å². The van der Waals surface area contributed by atoms with Gasteiger partial charge >= 0.3 is 5.69 Å². The summed E-state index contributed by atoms with van der Waals surface area (Å²) in [7, 11) is 1.95. The number of carbonyl (C=O) groups excluding carboxylic acids is 1. The molecule has 0 aliphatic carbocycles. The predicted octanol–water partition coefficient (Wildman–Crippen LogP) is 2.64. The van der Waals surface area contributed by atoms with Gasteiger partial charge in [-0.15, -0.1) is 0 Å². The molecule has 0 saturated carbocycles. The van der Waals surface area contributed by atoms with Crippen molar-refractivity contribution in [3.63, 3.8) is 0 Å². The number of imidazole rings is 1. The summed E-state index contributed by atoms with van der Waals surface area (Å²) < 4.78 is 3.12. The lowest BCUT2D eigenvalue weighted by Gasteiger charge is -2.20. The summed E-state index contributed by atoms with van der Waals surface area (Å²) in [6.07, 6.45) is 1.08. The Labute approximate surface area is 170 Å². The van der Waals surface area contributed by atoms with E-state index in [1.807, 2.05) is 49.2 Å². The molecule has 1 heterocycles. The maximum Gasteiger partial charge on any atom is 0.333 e. The third-order valence-electron chi connectivity index (χ3n) is 4.89. The molecule has 6 heteroatoms. The minimum absolute atomic E-state index is 0.0130. The van der Waals surface area contributed by atoms with Gasteiger partial charge in [0.1, 0.15) is 0 Å². The highest BCUT2D eigenvalue weighted by Gasteiger charge is 2.15. The van der Waals surface area contributed by atoms with Crippen molar-refractivity contribution in [1.82, 2.24) is 14.0 Å². The number of aliphatic hydroxyl groups is 1. The van der Waals surface area contributed by atoms with Crippen molar-refractivity contribution in [3.8, 4) is 5.69 Å². The Kier molecular flexibility index (Phi) is 6.46. The lowest BCUT2D eigenvalue weighted by molar-refractivity contribution is 0.101. The van der Waals surface area contributed by atoms with Gasteiger partial charge in [-0.25, -0.2) is 4.79 Å². The molecule has 0 amide bonds. The summed E-state index contributed by atoms with van der Waals surface area (Å²) in [6, 6.07) is 17.0. The maximum atomic E-state index is 12.9. The smallest absolute Gasteiger partial charge is 0.333 e. The van der Waals surface area contributed by atoms with Gasteiger partial charge in [0, 0.05) is 30.5 Å². The van der Waals surface area contributed by atoms with E-state index < -0.39 is 6.10 Å². The third kappa shape index (κ3) is 5.10. The second kappa shape index (κ2) is 9.03. The molecule has 0 saturated heterocycles. The quantitative estimate of drug-likeness (QED) is 0.598. The van der Waals surface area contributed by atoms with E-state index in [-0.39, 0.29) is 18.0 Å². The predicted molar refractivity (Wildman–Crippen MR) is 114 cm³/mol. The number of benzene rings is 2.